The topological polar surface area (TPSA) is 79.0 Å². The van der Waals surface area contributed by atoms with Gasteiger partial charge in [0, 0.05) is 18.2 Å². The molecular weight excluding hydrogens is 242 g/mol. The van der Waals surface area contributed by atoms with Gasteiger partial charge in [0.05, 0.1) is 16.6 Å². The van der Waals surface area contributed by atoms with Gasteiger partial charge in [-0.1, -0.05) is 26.8 Å². The Morgan fingerprint density at radius 3 is 2.63 bits per heavy atom. The summed E-state index contributed by atoms with van der Waals surface area (Å²) in [6.07, 6.45) is 0.941. The molecule has 0 fully saturated rings. The van der Waals surface area contributed by atoms with Gasteiger partial charge in [0.2, 0.25) is 0 Å². The lowest BCUT2D eigenvalue weighted by atomic mass is 9.88. The van der Waals surface area contributed by atoms with Crippen molar-refractivity contribution in [1.29, 1.82) is 5.26 Å². The minimum Gasteiger partial charge on any atom is -0.314 e. The number of nitriles is 1. The minimum atomic E-state index is -0.475. The first-order valence-corrected chi connectivity index (χ1v) is 6.46. The third kappa shape index (κ3) is 3.52. The molecule has 0 aliphatic rings. The van der Waals surface area contributed by atoms with E-state index in [9.17, 15) is 10.1 Å². The van der Waals surface area contributed by atoms with Gasteiger partial charge in [-0.05, 0) is 24.4 Å². The summed E-state index contributed by atoms with van der Waals surface area (Å²) in [5, 5.41) is 23.3. The van der Waals surface area contributed by atoms with Gasteiger partial charge in [-0.3, -0.25) is 10.1 Å². The highest BCUT2D eigenvalue weighted by molar-refractivity contribution is 5.48. The summed E-state index contributed by atoms with van der Waals surface area (Å²) in [7, 11) is 0. The smallest absolute Gasteiger partial charge is 0.270 e. The van der Waals surface area contributed by atoms with Crippen molar-refractivity contribution in [2.45, 2.75) is 39.2 Å². The van der Waals surface area contributed by atoms with Crippen LogP contribution in [0.25, 0.3) is 0 Å². The maximum absolute atomic E-state index is 10.7. The fraction of sp³-hybridized carbons (Fsp3) is 0.500. The SMILES string of the molecule is CCNC(CC)C(C)c1ccc([N+](=O)[O-])cc1C#N. The van der Waals surface area contributed by atoms with Crippen LogP contribution in [-0.2, 0) is 0 Å². The number of nitro groups is 1. The first-order chi connectivity index (χ1) is 9.04. The number of likely N-dealkylation sites (N-methyl/N-ethyl adjacent to an activating group) is 1. The van der Waals surface area contributed by atoms with Crippen LogP contribution in [0.1, 0.15) is 44.2 Å². The molecule has 0 aromatic heterocycles. The zero-order valence-electron chi connectivity index (χ0n) is 11.5. The molecular formula is C14H19N3O2. The van der Waals surface area contributed by atoms with Crippen LogP contribution in [0.2, 0.25) is 0 Å². The number of hydrogen-bond donors (Lipinski definition) is 1. The molecule has 0 aliphatic carbocycles. The number of nitrogens with zero attached hydrogens (tertiary/aromatic N) is 2. The molecule has 0 amide bonds. The lowest BCUT2D eigenvalue weighted by molar-refractivity contribution is -0.384. The van der Waals surface area contributed by atoms with Gasteiger partial charge < -0.3 is 5.32 Å². The molecule has 1 aromatic rings. The zero-order valence-corrected chi connectivity index (χ0v) is 11.5. The summed E-state index contributed by atoms with van der Waals surface area (Å²) in [5.74, 6) is 0.139. The highest BCUT2D eigenvalue weighted by atomic mass is 16.6. The molecule has 5 nitrogen and oxygen atoms in total. The van der Waals surface area contributed by atoms with Crippen molar-refractivity contribution in [3.8, 4) is 6.07 Å². The van der Waals surface area contributed by atoms with Crippen LogP contribution in [0.5, 0.6) is 0 Å². The molecule has 2 atom stereocenters. The molecule has 0 radical (unpaired) electrons. The summed E-state index contributed by atoms with van der Waals surface area (Å²) in [5.41, 5.74) is 1.21. The Morgan fingerprint density at radius 1 is 1.47 bits per heavy atom. The van der Waals surface area contributed by atoms with Crippen molar-refractivity contribution in [1.82, 2.24) is 5.32 Å². The third-order valence-corrected chi connectivity index (χ3v) is 3.37. The number of benzene rings is 1. The van der Waals surface area contributed by atoms with E-state index in [1.807, 2.05) is 13.8 Å². The first kappa shape index (κ1) is 15.1. The van der Waals surface area contributed by atoms with Crippen LogP contribution in [0.4, 0.5) is 5.69 Å². The molecule has 102 valence electrons. The van der Waals surface area contributed by atoms with Crippen LogP contribution in [-0.4, -0.2) is 17.5 Å². The van der Waals surface area contributed by atoms with E-state index in [1.165, 1.54) is 12.1 Å². The van der Waals surface area contributed by atoms with Crippen LogP contribution < -0.4 is 5.32 Å². The molecule has 2 unspecified atom stereocenters. The molecule has 1 rings (SSSR count). The minimum absolute atomic E-state index is 0.0380. The second-order valence-corrected chi connectivity index (χ2v) is 4.50. The molecule has 1 N–H and O–H groups in total. The Bertz CT molecular complexity index is 494. The normalized spacial score (nSPS) is 13.6. The monoisotopic (exact) mass is 261 g/mol. The van der Waals surface area contributed by atoms with Crippen LogP contribution in [0.15, 0.2) is 18.2 Å². The van der Waals surface area contributed by atoms with E-state index in [0.29, 0.717) is 5.56 Å². The summed E-state index contributed by atoms with van der Waals surface area (Å²) in [4.78, 5) is 10.3. The molecule has 0 saturated carbocycles. The predicted octanol–water partition coefficient (Wildman–Crippen LogP) is 2.96. The molecule has 0 aliphatic heterocycles. The van der Waals surface area contributed by atoms with E-state index in [4.69, 9.17) is 5.26 Å². The van der Waals surface area contributed by atoms with Crippen molar-refractivity contribution in [2.24, 2.45) is 0 Å². The quantitative estimate of drug-likeness (QED) is 0.630. The van der Waals surface area contributed by atoms with Gasteiger partial charge in [0.15, 0.2) is 0 Å². The van der Waals surface area contributed by atoms with E-state index < -0.39 is 4.92 Å². The van der Waals surface area contributed by atoms with Crippen LogP contribution in [0.3, 0.4) is 0 Å². The number of hydrogen-bond acceptors (Lipinski definition) is 4. The van der Waals surface area contributed by atoms with Crippen molar-refractivity contribution in [3.05, 3.63) is 39.4 Å². The maximum Gasteiger partial charge on any atom is 0.270 e. The highest BCUT2D eigenvalue weighted by Crippen LogP contribution is 2.27. The molecule has 19 heavy (non-hydrogen) atoms. The van der Waals surface area contributed by atoms with Gasteiger partial charge >= 0.3 is 0 Å². The van der Waals surface area contributed by atoms with Gasteiger partial charge in [-0.15, -0.1) is 0 Å². The molecule has 0 bridgehead atoms. The summed E-state index contributed by atoms with van der Waals surface area (Å²) in [6, 6.07) is 6.83. The standard InChI is InChI=1S/C14H19N3O2/c1-4-14(16-5-2)10(3)13-7-6-12(17(18)19)8-11(13)9-15/h6-8,10,14,16H,4-5H2,1-3H3. The van der Waals surface area contributed by atoms with Gasteiger partial charge in [-0.25, -0.2) is 0 Å². The van der Waals surface area contributed by atoms with Crippen LogP contribution >= 0.6 is 0 Å². The van der Waals surface area contributed by atoms with Gasteiger partial charge in [0.25, 0.3) is 5.69 Å². The van der Waals surface area contributed by atoms with Gasteiger partial charge in [0.1, 0.15) is 0 Å². The molecule has 1 aromatic carbocycles. The highest BCUT2D eigenvalue weighted by Gasteiger charge is 2.21. The van der Waals surface area contributed by atoms with E-state index in [1.54, 1.807) is 6.07 Å². The average Bonchev–Trinajstić information content (AvgIpc) is 2.43. The fourth-order valence-electron chi connectivity index (χ4n) is 2.31. The molecule has 0 heterocycles. The summed E-state index contributed by atoms with van der Waals surface area (Å²) >= 11 is 0. The van der Waals surface area contributed by atoms with Crippen molar-refractivity contribution in [3.63, 3.8) is 0 Å². The van der Waals surface area contributed by atoms with E-state index in [0.717, 1.165) is 18.5 Å². The lowest BCUT2D eigenvalue weighted by Crippen LogP contribution is -2.33. The third-order valence-electron chi connectivity index (χ3n) is 3.37. The van der Waals surface area contributed by atoms with E-state index in [2.05, 4.69) is 18.3 Å². The molecule has 0 spiro atoms. The second kappa shape index (κ2) is 6.86. The number of nitrogens with one attached hydrogen (secondary N) is 1. The molecule has 0 saturated heterocycles. The van der Waals surface area contributed by atoms with Gasteiger partial charge in [-0.2, -0.15) is 5.26 Å². The number of nitro benzene ring substituents is 1. The lowest BCUT2D eigenvalue weighted by Gasteiger charge is -2.24. The Labute approximate surface area is 113 Å². The van der Waals surface area contributed by atoms with Crippen molar-refractivity contribution >= 4 is 5.69 Å². The van der Waals surface area contributed by atoms with E-state index >= 15 is 0 Å². The Kier molecular flexibility index (Phi) is 5.46. The first-order valence-electron chi connectivity index (χ1n) is 6.46. The average molecular weight is 261 g/mol. The predicted molar refractivity (Wildman–Crippen MR) is 74.0 cm³/mol. The zero-order chi connectivity index (χ0) is 14.4. The second-order valence-electron chi connectivity index (χ2n) is 4.50. The maximum atomic E-state index is 10.7. The molecule has 5 heteroatoms. The Morgan fingerprint density at radius 2 is 2.16 bits per heavy atom. The van der Waals surface area contributed by atoms with Crippen LogP contribution in [0, 0.1) is 21.4 Å². The van der Waals surface area contributed by atoms with Crippen molar-refractivity contribution in [2.75, 3.05) is 6.54 Å². The summed E-state index contributed by atoms with van der Waals surface area (Å²) in [6.45, 7) is 7.02. The number of rotatable bonds is 6. The Hall–Kier alpha value is -1.93. The summed E-state index contributed by atoms with van der Waals surface area (Å²) < 4.78 is 0. The fourth-order valence-corrected chi connectivity index (χ4v) is 2.31. The largest absolute Gasteiger partial charge is 0.314 e. The Balaban J connectivity index is 3.12. The van der Waals surface area contributed by atoms with E-state index in [-0.39, 0.29) is 17.6 Å². The van der Waals surface area contributed by atoms with Crippen molar-refractivity contribution < 1.29 is 4.92 Å². The number of non-ortho nitro benzene ring substituents is 1.